The third-order valence-corrected chi connectivity index (χ3v) is 11.3. The Bertz CT molecular complexity index is 1690. The molecule has 3 amide bonds. The van der Waals surface area contributed by atoms with Crippen molar-refractivity contribution >= 4 is 75.9 Å². The smallest absolute Gasteiger partial charge is 0.326 e. The molecule has 1 aromatic carbocycles. The summed E-state index contributed by atoms with van der Waals surface area (Å²) in [5.74, 6) is -6.22. The lowest BCUT2D eigenvalue weighted by Crippen LogP contribution is -2.51. The number of rotatable bonds is 28. The minimum absolute atomic E-state index is 0.0134. The molecular formula is C42H64IN7O14. The molecule has 0 radical (unpaired) electrons. The summed E-state index contributed by atoms with van der Waals surface area (Å²) >= 11 is 2.18. The Morgan fingerprint density at radius 2 is 1.02 bits per heavy atom. The van der Waals surface area contributed by atoms with Crippen LogP contribution in [0.1, 0.15) is 76.7 Å². The van der Waals surface area contributed by atoms with E-state index < -0.39 is 48.0 Å². The number of aliphatic carboxylic acids is 5. The van der Waals surface area contributed by atoms with Gasteiger partial charge in [-0.3, -0.25) is 43.6 Å². The number of benzene rings is 1. The van der Waals surface area contributed by atoms with Gasteiger partial charge < -0.3 is 45.9 Å². The predicted molar refractivity (Wildman–Crippen MR) is 240 cm³/mol. The molecule has 0 bridgehead atoms. The molecule has 7 N–H and O–H groups in total. The SMILES string of the molecule is CC(=O)CC[C@H](NC(=O)N[C@@H](CCCCN(Cc1ccc(I)cc1)C(=O)CCCCCC(=O)CN1CCN(CC(=O)O)CCN(CC(=O)O)CCN(CC(=O)O)CC1)C(=O)O)C(=O)O. The van der Waals surface area contributed by atoms with Crippen LogP contribution in [-0.4, -0.2) is 201 Å². The number of carbonyl (C=O) groups is 9. The number of carboxylic acid groups (broad SMARTS) is 5. The van der Waals surface area contributed by atoms with Crippen molar-refractivity contribution in [2.45, 2.75) is 89.8 Å². The Hall–Kier alpha value is -4.78. The number of carboxylic acids is 5. The number of hydrogen-bond donors (Lipinski definition) is 7. The zero-order chi connectivity index (χ0) is 47.6. The second-order valence-corrected chi connectivity index (χ2v) is 17.2. The lowest BCUT2D eigenvalue weighted by molar-refractivity contribution is -0.140. The van der Waals surface area contributed by atoms with E-state index in [4.69, 9.17) is 0 Å². The van der Waals surface area contributed by atoms with Gasteiger partial charge >= 0.3 is 35.9 Å². The van der Waals surface area contributed by atoms with Crippen LogP contribution in [0, 0.1) is 3.57 Å². The maximum atomic E-state index is 13.5. The van der Waals surface area contributed by atoms with Gasteiger partial charge in [0.1, 0.15) is 23.7 Å². The maximum Gasteiger partial charge on any atom is 0.326 e. The molecule has 21 nitrogen and oxygen atoms in total. The second-order valence-electron chi connectivity index (χ2n) is 16.0. The van der Waals surface area contributed by atoms with E-state index in [2.05, 4.69) is 33.2 Å². The molecule has 358 valence electrons. The summed E-state index contributed by atoms with van der Waals surface area (Å²) in [6.45, 7) is 3.53. The summed E-state index contributed by atoms with van der Waals surface area (Å²) < 4.78 is 1.02. The first-order chi connectivity index (χ1) is 30.3. The van der Waals surface area contributed by atoms with Gasteiger partial charge in [0, 0.05) is 88.3 Å². The van der Waals surface area contributed by atoms with E-state index in [0.29, 0.717) is 71.4 Å². The highest BCUT2D eigenvalue weighted by Gasteiger charge is 2.26. The van der Waals surface area contributed by atoms with Crippen LogP contribution in [0.25, 0.3) is 0 Å². The predicted octanol–water partition coefficient (Wildman–Crippen LogP) is 1.36. The van der Waals surface area contributed by atoms with Crippen molar-refractivity contribution in [3.8, 4) is 0 Å². The van der Waals surface area contributed by atoms with E-state index in [1.165, 1.54) is 6.92 Å². The fraction of sp³-hybridized carbons (Fsp3) is 0.643. The average Bonchev–Trinajstić information content (AvgIpc) is 3.20. The number of amides is 3. The van der Waals surface area contributed by atoms with Crippen molar-refractivity contribution in [2.75, 3.05) is 85.1 Å². The van der Waals surface area contributed by atoms with Gasteiger partial charge in [0.2, 0.25) is 5.91 Å². The largest absolute Gasteiger partial charge is 0.480 e. The van der Waals surface area contributed by atoms with Crippen LogP contribution in [-0.2, 0) is 44.9 Å². The molecule has 1 heterocycles. The molecule has 2 rings (SSSR count). The maximum absolute atomic E-state index is 13.5. The Morgan fingerprint density at radius 3 is 1.45 bits per heavy atom. The number of nitrogens with one attached hydrogen (secondary N) is 2. The normalized spacial score (nSPS) is 15.7. The number of nitrogens with zero attached hydrogens (tertiary/aromatic N) is 5. The van der Waals surface area contributed by atoms with E-state index in [1.54, 1.807) is 19.6 Å². The standard InChI is InChI=1S/C42H64IN7O14/c1-30(51)10-15-35(41(62)63)45-42(64)44-34(40(60)61)8-5-6-16-50(25-31-11-13-32(43)14-12-31)36(53)9-4-2-3-7-33(52)26-46-17-19-47(27-37(54)55)21-23-49(29-39(58)59)24-22-48(20-18-46)28-38(56)57/h11-14,34-35H,2-10,15-29H2,1H3,(H,54,55)(H,56,57)(H,58,59)(H,60,61)(H,62,63)(H2,44,45,64)/t34-,35-/m0/s1. The molecule has 1 aromatic rings. The van der Waals surface area contributed by atoms with E-state index >= 15 is 0 Å². The Labute approximate surface area is 386 Å². The van der Waals surface area contributed by atoms with E-state index in [9.17, 15) is 68.7 Å². The van der Waals surface area contributed by atoms with Gasteiger partial charge in [0.25, 0.3) is 0 Å². The lowest BCUT2D eigenvalue weighted by Gasteiger charge is -2.32. The van der Waals surface area contributed by atoms with Crippen molar-refractivity contribution in [3.05, 3.63) is 33.4 Å². The summed E-state index contributed by atoms with van der Waals surface area (Å²) in [6, 6.07) is 3.99. The Morgan fingerprint density at radius 1 is 0.578 bits per heavy atom. The number of Topliss-reactive ketones (excluding diaryl/α,β-unsaturated/α-hetero) is 2. The molecule has 0 aromatic heterocycles. The molecular weight excluding hydrogens is 953 g/mol. The van der Waals surface area contributed by atoms with Gasteiger partial charge in [-0.05, 0) is 85.7 Å². The van der Waals surface area contributed by atoms with Crippen molar-refractivity contribution in [1.82, 2.24) is 35.1 Å². The summed E-state index contributed by atoms with van der Waals surface area (Å²) in [7, 11) is 0. The minimum Gasteiger partial charge on any atom is -0.480 e. The van der Waals surface area contributed by atoms with E-state index in [1.807, 2.05) is 29.2 Å². The number of hydrogen-bond acceptors (Lipinski definition) is 13. The summed E-state index contributed by atoms with van der Waals surface area (Å²) in [5, 5.41) is 51.9. The quantitative estimate of drug-likeness (QED) is 0.0461. The molecule has 0 aliphatic carbocycles. The zero-order valence-corrected chi connectivity index (χ0v) is 38.6. The van der Waals surface area contributed by atoms with Crippen molar-refractivity contribution in [1.29, 1.82) is 0 Å². The monoisotopic (exact) mass is 1020 g/mol. The van der Waals surface area contributed by atoms with Crippen LogP contribution in [0.3, 0.4) is 0 Å². The van der Waals surface area contributed by atoms with Gasteiger partial charge in [-0.25, -0.2) is 14.4 Å². The van der Waals surface area contributed by atoms with Crippen LogP contribution >= 0.6 is 22.6 Å². The fourth-order valence-corrected chi connectivity index (χ4v) is 7.38. The first kappa shape index (κ1) is 55.4. The summed E-state index contributed by atoms with van der Waals surface area (Å²) in [5.41, 5.74) is 0.901. The molecule has 1 saturated heterocycles. The molecule has 1 aliphatic rings. The van der Waals surface area contributed by atoms with Crippen LogP contribution in [0.5, 0.6) is 0 Å². The molecule has 0 unspecified atom stereocenters. The number of ketones is 2. The molecule has 64 heavy (non-hydrogen) atoms. The van der Waals surface area contributed by atoms with Crippen LogP contribution in [0.2, 0.25) is 0 Å². The van der Waals surface area contributed by atoms with Gasteiger partial charge in [-0.2, -0.15) is 0 Å². The number of halogens is 1. The average molecular weight is 1020 g/mol. The summed E-state index contributed by atoms with van der Waals surface area (Å²) in [6.07, 6.45) is 2.60. The van der Waals surface area contributed by atoms with Gasteiger partial charge in [-0.1, -0.05) is 18.6 Å². The third kappa shape index (κ3) is 24.9. The zero-order valence-electron chi connectivity index (χ0n) is 36.5. The highest BCUT2D eigenvalue weighted by atomic mass is 127. The van der Waals surface area contributed by atoms with Gasteiger partial charge in [0.15, 0.2) is 0 Å². The molecule has 22 heteroatoms. The van der Waals surface area contributed by atoms with E-state index in [0.717, 1.165) is 9.13 Å². The first-order valence-corrected chi connectivity index (χ1v) is 22.5. The lowest BCUT2D eigenvalue weighted by atomic mass is 10.1. The van der Waals surface area contributed by atoms with Crippen LogP contribution in [0.4, 0.5) is 4.79 Å². The molecule has 0 saturated carbocycles. The summed E-state index contributed by atoms with van der Waals surface area (Å²) in [4.78, 5) is 117. The Kier molecular flexibility index (Phi) is 26.3. The van der Waals surface area contributed by atoms with Crippen molar-refractivity contribution < 1.29 is 68.7 Å². The van der Waals surface area contributed by atoms with Gasteiger partial charge in [-0.15, -0.1) is 0 Å². The topological polar surface area (TPSA) is 295 Å². The van der Waals surface area contributed by atoms with Crippen molar-refractivity contribution in [2.24, 2.45) is 0 Å². The van der Waals surface area contributed by atoms with Crippen molar-refractivity contribution in [3.63, 3.8) is 0 Å². The molecule has 1 aliphatic heterocycles. The molecule has 1 fully saturated rings. The highest BCUT2D eigenvalue weighted by molar-refractivity contribution is 14.1. The number of urea groups is 1. The first-order valence-electron chi connectivity index (χ1n) is 21.4. The third-order valence-electron chi connectivity index (χ3n) is 10.6. The minimum atomic E-state index is -1.37. The molecule has 0 spiro atoms. The fourth-order valence-electron chi connectivity index (χ4n) is 7.02. The number of carbonyl (C=O) groups excluding carboxylic acids is 4. The molecule has 2 atom stereocenters. The van der Waals surface area contributed by atoms with Crippen LogP contribution < -0.4 is 10.6 Å². The van der Waals surface area contributed by atoms with Crippen LogP contribution in [0.15, 0.2) is 24.3 Å². The Balaban J connectivity index is 1.96. The van der Waals surface area contributed by atoms with Gasteiger partial charge in [0.05, 0.1) is 26.2 Å². The number of unbranched alkanes of at least 4 members (excludes halogenated alkanes) is 3. The highest BCUT2D eigenvalue weighted by Crippen LogP contribution is 2.15. The van der Waals surface area contributed by atoms with E-state index in [-0.39, 0.29) is 102 Å². The second kappa shape index (κ2) is 30.4.